The Balaban J connectivity index is 1.79. The molecule has 130 valence electrons. The molecule has 0 amide bonds. The molecule has 2 rings (SSSR count). The van der Waals surface area contributed by atoms with Gasteiger partial charge in [-0.1, -0.05) is 12.1 Å². The summed E-state index contributed by atoms with van der Waals surface area (Å²) in [5.41, 5.74) is 1.50. The standard InChI is InChI=1S/C18H17NO5S/c1-25(21,22)13-15-2-6-16(7-3-15)18(20)24-11-10-23-17-8-4-14(12-19)5-9-17/h2-9H,10-11,13H2,1H3. The minimum atomic E-state index is -3.11. The first-order valence-electron chi connectivity index (χ1n) is 7.44. The maximum atomic E-state index is 11.9. The summed E-state index contributed by atoms with van der Waals surface area (Å²) in [6.45, 7) is 0.258. The molecule has 0 spiro atoms. The molecule has 2 aromatic rings. The predicted molar refractivity (Wildman–Crippen MR) is 91.9 cm³/mol. The number of hydrogen-bond donors (Lipinski definition) is 0. The van der Waals surface area contributed by atoms with E-state index in [2.05, 4.69) is 0 Å². The van der Waals surface area contributed by atoms with Crippen LogP contribution in [0.3, 0.4) is 0 Å². The molecule has 0 heterocycles. The Labute approximate surface area is 146 Å². The highest BCUT2D eigenvalue weighted by Gasteiger charge is 2.09. The monoisotopic (exact) mass is 359 g/mol. The number of benzene rings is 2. The van der Waals surface area contributed by atoms with Crippen LogP contribution < -0.4 is 4.74 Å². The fourth-order valence-corrected chi connectivity index (χ4v) is 2.84. The van der Waals surface area contributed by atoms with E-state index in [9.17, 15) is 13.2 Å². The number of carbonyl (C=O) groups is 1. The van der Waals surface area contributed by atoms with Crippen LogP contribution in [0, 0.1) is 11.3 Å². The van der Waals surface area contributed by atoms with Crippen molar-refractivity contribution < 1.29 is 22.7 Å². The van der Waals surface area contributed by atoms with Gasteiger partial charge >= 0.3 is 5.97 Å². The van der Waals surface area contributed by atoms with E-state index in [1.807, 2.05) is 6.07 Å². The second kappa shape index (κ2) is 8.31. The van der Waals surface area contributed by atoms with Crippen LogP contribution in [-0.2, 0) is 20.3 Å². The smallest absolute Gasteiger partial charge is 0.338 e. The Morgan fingerprint density at radius 1 is 1.04 bits per heavy atom. The van der Waals surface area contributed by atoms with Crippen molar-refractivity contribution in [3.63, 3.8) is 0 Å². The molecule has 0 N–H and O–H groups in total. The normalized spacial score (nSPS) is 10.7. The van der Waals surface area contributed by atoms with Crippen LogP contribution in [0.2, 0.25) is 0 Å². The first-order chi connectivity index (χ1) is 11.9. The van der Waals surface area contributed by atoms with Gasteiger partial charge in [-0.2, -0.15) is 5.26 Å². The molecule has 7 heteroatoms. The second-order valence-corrected chi connectivity index (χ2v) is 7.53. The van der Waals surface area contributed by atoms with Gasteiger partial charge in [-0.05, 0) is 42.0 Å². The van der Waals surface area contributed by atoms with E-state index in [0.29, 0.717) is 22.4 Å². The van der Waals surface area contributed by atoms with E-state index >= 15 is 0 Å². The van der Waals surface area contributed by atoms with E-state index < -0.39 is 15.8 Å². The molecule has 0 aliphatic carbocycles. The van der Waals surface area contributed by atoms with Crippen LogP contribution in [0.1, 0.15) is 21.5 Å². The van der Waals surface area contributed by atoms with Crippen molar-refractivity contribution >= 4 is 15.8 Å². The van der Waals surface area contributed by atoms with Crippen LogP contribution in [0.5, 0.6) is 5.75 Å². The summed E-state index contributed by atoms with van der Waals surface area (Å²) in [5.74, 6) is 0.00956. The molecule has 0 unspecified atom stereocenters. The number of nitrogens with zero attached hydrogens (tertiary/aromatic N) is 1. The summed E-state index contributed by atoms with van der Waals surface area (Å²) in [6, 6.07) is 14.9. The topological polar surface area (TPSA) is 93.5 Å². The number of rotatable bonds is 7. The molecule has 0 fully saturated rings. The third-order valence-electron chi connectivity index (χ3n) is 3.19. The zero-order chi connectivity index (χ0) is 18.3. The molecule has 0 aliphatic heterocycles. The van der Waals surface area contributed by atoms with Crippen LogP contribution in [-0.4, -0.2) is 33.9 Å². The van der Waals surface area contributed by atoms with Crippen molar-refractivity contribution in [2.24, 2.45) is 0 Å². The Morgan fingerprint density at radius 3 is 2.24 bits per heavy atom. The molecule has 0 aromatic heterocycles. The highest BCUT2D eigenvalue weighted by Crippen LogP contribution is 2.12. The Bertz CT molecular complexity index is 865. The average molecular weight is 359 g/mol. The predicted octanol–water partition coefficient (Wildman–Crippen LogP) is 2.34. The van der Waals surface area contributed by atoms with E-state index in [1.54, 1.807) is 36.4 Å². The third-order valence-corrected chi connectivity index (χ3v) is 4.04. The molecule has 0 bridgehead atoms. The lowest BCUT2D eigenvalue weighted by Crippen LogP contribution is -2.12. The molecule has 0 aliphatic rings. The molecule has 6 nitrogen and oxygen atoms in total. The van der Waals surface area contributed by atoms with E-state index in [0.717, 1.165) is 6.26 Å². The SMILES string of the molecule is CS(=O)(=O)Cc1ccc(C(=O)OCCOc2ccc(C#N)cc2)cc1. The summed E-state index contributed by atoms with van der Waals surface area (Å²) in [5, 5.41) is 8.71. The van der Waals surface area contributed by atoms with Gasteiger partial charge in [0, 0.05) is 6.26 Å². The number of hydrogen-bond acceptors (Lipinski definition) is 6. The fourth-order valence-electron chi connectivity index (χ4n) is 2.04. The summed E-state index contributed by atoms with van der Waals surface area (Å²) in [6.07, 6.45) is 1.16. The summed E-state index contributed by atoms with van der Waals surface area (Å²) < 4.78 is 33.0. The van der Waals surface area contributed by atoms with Crippen molar-refractivity contribution in [3.05, 3.63) is 65.2 Å². The maximum Gasteiger partial charge on any atom is 0.338 e. The van der Waals surface area contributed by atoms with Gasteiger partial charge in [0.2, 0.25) is 0 Å². The fraction of sp³-hybridized carbons (Fsp3) is 0.222. The maximum absolute atomic E-state index is 11.9. The lowest BCUT2D eigenvalue weighted by molar-refractivity contribution is 0.0450. The summed E-state index contributed by atoms with van der Waals surface area (Å²) >= 11 is 0. The van der Waals surface area contributed by atoms with Crippen LogP contribution in [0.4, 0.5) is 0 Å². The summed E-state index contributed by atoms with van der Waals surface area (Å²) in [7, 11) is -3.11. The third kappa shape index (κ3) is 6.28. The van der Waals surface area contributed by atoms with E-state index in [1.165, 1.54) is 12.1 Å². The zero-order valence-corrected chi connectivity index (χ0v) is 14.5. The minimum Gasteiger partial charge on any atom is -0.490 e. The van der Waals surface area contributed by atoms with Gasteiger partial charge in [0.1, 0.15) is 19.0 Å². The van der Waals surface area contributed by atoms with Gasteiger partial charge in [-0.25, -0.2) is 13.2 Å². The molecule has 0 radical (unpaired) electrons. The van der Waals surface area contributed by atoms with Gasteiger partial charge in [0.15, 0.2) is 9.84 Å². The quantitative estimate of drug-likeness (QED) is 0.556. The average Bonchev–Trinajstić information content (AvgIpc) is 2.58. The Hall–Kier alpha value is -2.85. The van der Waals surface area contributed by atoms with E-state index in [4.69, 9.17) is 14.7 Å². The van der Waals surface area contributed by atoms with Gasteiger partial charge in [0.05, 0.1) is 22.9 Å². The highest BCUT2D eigenvalue weighted by molar-refractivity contribution is 7.89. The number of carbonyl (C=O) groups excluding carboxylic acids is 1. The molecule has 25 heavy (non-hydrogen) atoms. The molecular weight excluding hydrogens is 342 g/mol. The van der Waals surface area contributed by atoms with Crippen molar-refractivity contribution in [2.45, 2.75) is 5.75 Å². The lowest BCUT2D eigenvalue weighted by atomic mass is 10.1. The van der Waals surface area contributed by atoms with Gasteiger partial charge in [-0.15, -0.1) is 0 Å². The molecule has 0 saturated carbocycles. The molecule has 2 aromatic carbocycles. The first kappa shape index (κ1) is 18.5. The zero-order valence-electron chi connectivity index (χ0n) is 13.6. The van der Waals surface area contributed by atoms with E-state index in [-0.39, 0.29) is 19.0 Å². The van der Waals surface area contributed by atoms with Crippen LogP contribution >= 0.6 is 0 Å². The largest absolute Gasteiger partial charge is 0.490 e. The van der Waals surface area contributed by atoms with Crippen molar-refractivity contribution in [3.8, 4) is 11.8 Å². The van der Waals surface area contributed by atoms with Gasteiger partial charge < -0.3 is 9.47 Å². The molecule has 0 saturated heterocycles. The highest BCUT2D eigenvalue weighted by atomic mass is 32.2. The molecular formula is C18H17NO5S. The van der Waals surface area contributed by atoms with Crippen LogP contribution in [0.25, 0.3) is 0 Å². The van der Waals surface area contributed by atoms with Crippen molar-refractivity contribution in [1.29, 1.82) is 5.26 Å². The minimum absolute atomic E-state index is 0.0687. The summed E-state index contributed by atoms with van der Waals surface area (Å²) in [4.78, 5) is 11.9. The Morgan fingerprint density at radius 2 is 1.68 bits per heavy atom. The lowest BCUT2D eigenvalue weighted by Gasteiger charge is -2.08. The van der Waals surface area contributed by atoms with Gasteiger partial charge in [0.25, 0.3) is 0 Å². The van der Waals surface area contributed by atoms with Crippen LogP contribution in [0.15, 0.2) is 48.5 Å². The number of nitriles is 1. The second-order valence-electron chi connectivity index (χ2n) is 5.39. The Kier molecular flexibility index (Phi) is 6.14. The first-order valence-corrected chi connectivity index (χ1v) is 9.50. The molecule has 0 atom stereocenters. The van der Waals surface area contributed by atoms with Crippen molar-refractivity contribution in [1.82, 2.24) is 0 Å². The van der Waals surface area contributed by atoms with Gasteiger partial charge in [-0.3, -0.25) is 0 Å². The number of ether oxygens (including phenoxy) is 2. The number of esters is 1. The number of sulfone groups is 1. The van der Waals surface area contributed by atoms with Crippen molar-refractivity contribution in [2.75, 3.05) is 19.5 Å².